The molecule has 2 amide bonds. The van der Waals surface area contributed by atoms with Gasteiger partial charge in [0.05, 0.1) is 23.3 Å². The molecule has 2 aromatic rings. The first-order valence-corrected chi connectivity index (χ1v) is 8.20. The number of benzene rings is 1. The Balaban J connectivity index is 1.45. The van der Waals surface area contributed by atoms with Gasteiger partial charge < -0.3 is 4.74 Å². The number of carbonyl (C=O) groups is 3. The lowest BCUT2D eigenvalue weighted by Gasteiger charge is -2.13. The predicted molar refractivity (Wildman–Crippen MR) is 90.6 cm³/mol. The number of rotatable bonds is 6. The Kier molecular flexibility index (Phi) is 5.09. The van der Waals surface area contributed by atoms with Gasteiger partial charge in [-0.1, -0.05) is 23.7 Å². The van der Waals surface area contributed by atoms with Crippen LogP contribution in [-0.2, 0) is 4.74 Å². The Labute approximate surface area is 149 Å². The molecule has 0 bridgehead atoms. The first-order chi connectivity index (χ1) is 12.1. The van der Waals surface area contributed by atoms with Crippen LogP contribution in [0.4, 0.5) is 0 Å². The zero-order chi connectivity index (χ0) is 17.8. The van der Waals surface area contributed by atoms with Crippen molar-refractivity contribution in [1.82, 2.24) is 9.88 Å². The summed E-state index contributed by atoms with van der Waals surface area (Å²) in [5.74, 6) is -1.10. The van der Waals surface area contributed by atoms with Crippen LogP contribution in [0.25, 0.3) is 0 Å². The molecule has 1 aromatic carbocycles. The number of amides is 2. The Hall–Kier alpha value is -2.73. The highest BCUT2D eigenvalue weighted by Gasteiger charge is 2.34. The van der Waals surface area contributed by atoms with Gasteiger partial charge in [-0.2, -0.15) is 0 Å². The fraction of sp³-hybridized carbons (Fsp3) is 0.222. The number of halogens is 1. The van der Waals surface area contributed by atoms with Crippen LogP contribution in [0.15, 0.2) is 42.6 Å². The van der Waals surface area contributed by atoms with Gasteiger partial charge in [-0.25, -0.2) is 9.78 Å². The van der Waals surface area contributed by atoms with E-state index in [2.05, 4.69) is 4.98 Å². The third-order valence-corrected chi connectivity index (χ3v) is 4.17. The maximum absolute atomic E-state index is 12.2. The van der Waals surface area contributed by atoms with Crippen LogP contribution >= 0.6 is 11.6 Å². The zero-order valence-corrected chi connectivity index (χ0v) is 14.0. The van der Waals surface area contributed by atoms with Crippen molar-refractivity contribution in [1.29, 1.82) is 0 Å². The molecule has 128 valence electrons. The fourth-order valence-corrected chi connectivity index (χ4v) is 2.79. The number of ether oxygens (including phenoxy) is 1. The van der Waals surface area contributed by atoms with Gasteiger partial charge in [-0.3, -0.25) is 14.5 Å². The number of hydrogen-bond donors (Lipinski definition) is 0. The van der Waals surface area contributed by atoms with Crippen molar-refractivity contribution in [3.8, 4) is 0 Å². The smallest absolute Gasteiger partial charge is 0.341 e. The topological polar surface area (TPSA) is 76.6 Å². The Morgan fingerprint density at radius 1 is 1.04 bits per heavy atom. The van der Waals surface area contributed by atoms with Gasteiger partial charge in [-0.15, -0.1) is 0 Å². The normalized spacial score (nSPS) is 13.1. The van der Waals surface area contributed by atoms with E-state index in [4.69, 9.17) is 16.3 Å². The van der Waals surface area contributed by atoms with E-state index in [1.165, 1.54) is 17.2 Å². The molecule has 3 rings (SSSR count). The van der Waals surface area contributed by atoms with Crippen LogP contribution in [0.2, 0.25) is 5.15 Å². The van der Waals surface area contributed by atoms with Gasteiger partial charge in [0.15, 0.2) is 0 Å². The Morgan fingerprint density at radius 2 is 1.72 bits per heavy atom. The molecule has 0 spiro atoms. The standard InChI is InChI=1S/C18H15ClN2O4/c19-15-14(8-5-9-20-15)18(24)25-11-4-3-10-21-16(22)12-6-1-2-7-13(12)17(21)23/h1-2,5-9H,3-4,10-11H2. The number of aromatic nitrogens is 1. The van der Waals surface area contributed by atoms with Gasteiger partial charge in [-0.05, 0) is 37.1 Å². The van der Waals surface area contributed by atoms with E-state index in [-0.39, 0.29) is 35.7 Å². The van der Waals surface area contributed by atoms with E-state index < -0.39 is 5.97 Å². The number of hydrogen-bond acceptors (Lipinski definition) is 5. The van der Waals surface area contributed by atoms with Gasteiger partial charge in [0.2, 0.25) is 0 Å². The molecule has 0 N–H and O–H groups in total. The van der Waals surface area contributed by atoms with Crippen molar-refractivity contribution in [3.05, 3.63) is 64.4 Å². The summed E-state index contributed by atoms with van der Waals surface area (Å²) in [6.45, 7) is 0.463. The van der Waals surface area contributed by atoms with Crippen molar-refractivity contribution in [2.45, 2.75) is 12.8 Å². The van der Waals surface area contributed by atoms with Crippen LogP contribution in [-0.4, -0.2) is 40.8 Å². The highest BCUT2D eigenvalue weighted by molar-refractivity contribution is 6.32. The number of fused-ring (bicyclic) bond motifs is 1. The first kappa shape index (κ1) is 17.1. The molecule has 0 unspecified atom stereocenters. The minimum atomic E-state index is -0.543. The monoisotopic (exact) mass is 358 g/mol. The number of nitrogens with zero attached hydrogens (tertiary/aromatic N) is 2. The first-order valence-electron chi connectivity index (χ1n) is 7.82. The average Bonchev–Trinajstić information content (AvgIpc) is 2.86. The van der Waals surface area contributed by atoms with Crippen LogP contribution in [0.1, 0.15) is 43.9 Å². The third kappa shape index (κ3) is 3.53. The summed E-state index contributed by atoms with van der Waals surface area (Å²) in [5.41, 5.74) is 1.08. The lowest BCUT2D eigenvalue weighted by molar-refractivity contribution is 0.0485. The Morgan fingerprint density at radius 3 is 2.36 bits per heavy atom. The molecule has 6 nitrogen and oxygen atoms in total. The Bertz CT molecular complexity index is 802. The fourth-order valence-electron chi connectivity index (χ4n) is 2.60. The molecule has 0 aliphatic carbocycles. The van der Waals surface area contributed by atoms with Crippen molar-refractivity contribution in [2.24, 2.45) is 0 Å². The maximum Gasteiger partial charge on any atom is 0.341 e. The molecular formula is C18H15ClN2O4. The summed E-state index contributed by atoms with van der Waals surface area (Å²) >= 11 is 5.83. The van der Waals surface area contributed by atoms with Gasteiger partial charge in [0.1, 0.15) is 5.15 Å². The van der Waals surface area contributed by atoms with E-state index in [1.54, 1.807) is 30.3 Å². The number of unbranched alkanes of at least 4 members (excludes halogenated alkanes) is 1. The second-order valence-electron chi connectivity index (χ2n) is 5.49. The molecule has 2 heterocycles. The minimum Gasteiger partial charge on any atom is -0.462 e. The summed E-state index contributed by atoms with van der Waals surface area (Å²) in [6.07, 6.45) is 2.55. The number of imide groups is 1. The van der Waals surface area contributed by atoms with Crippen LogP contribution in [0.5, 0.6) is 0 Å². The lowest BCUT2D eigenvalue weighted by atomic mass is 10.1. The summed E-state index contributed by atoms with van der Waals surface area (Å²) in [4.78, 5) is 41.3. The van der Waals surface area contributed by atoms with Gasteiger partial charge in [0, 0.05) is 12.7 Å². The van der Waals surface area contributed by atoms with Crippen molar-refractivity contribution in [2.75, 3.05) is 13.2 Å². The third-order valence-electron chi connectivity index (χ3n) is 3.87. The second-order valence-corrected chi connectivity index (χ2v) is 5.85. The van der Waals surface area contributed by atoms with Gasteiger partial charge in [0.25, 0.3) is 11.8 Å². The number of pyridine rings is 1. The van der Waals surface area contributed by atoms with Crippen molar-refractivity contribution in [3.63, 3.8) is 0 Å². The zero-order valence-electron chi connectivity index (χ0n) is 13.3. The highest BCUT2D eigenvalue weighted by atomic mass is 35.5. The molecule has 0 saturated carbocycles. The average molecular weight is 359 g/mol. The molecule has 1 aliphatic rings. The van der Waals surface area contributed by atoms with Crippen molar-refractivity contribution < 1.29 is 19.1 Å². The number of carbonyl (C=O) groups excluding carboxylic acids is 3. The molecular weight excluding hydrogens is 344 g/mol. The molecule has 0 atom stereocenters. The minimum absolute atomic E-state index is 0.0959. The predicted octanol–water partition coefficient (Wildman–Crippen LogP) is 2.97. The SMILES string of the molecule is O=C(OCCCCN1C(=O)c2ccccc2C1=O)c1cccnc1Cl. The van der Waals surface area contributed by atoms with E-state index in [0.29, 0.717) is 24.0 Å². The van der Waals surface area contributed by atoms with Gasteiger partial charge >= 0.3 is 5.97 Å². The van der Waals surface area contributed by atoms with E-state index in [0.717, 1.165) is 0 Å². The van der Waals surface area contributed by atoms with Crippen LogP contribution in [0.3, 0.4) is 0 Å². The van der Waals surface area contributed by atoms with E-state index in [1.807, 2.05) is 0 Å². The molecule has 0 radical (unpaired) electrons. The summed E-state index contributed by atoms with van der Waals surface area (Å²) < 4.78 is 5.14. The highest BCUT2D eigenvalue weighted by Crippen LogP contribution is 2.22. The summed E-state index contributed by atoms with van der Waals surface area (Å²) in [5, 5.41) is 0.0959. The van der Waals surface area contributed by atoms with Crippen LogP contribution in [0, 0.1) is 0 Å². The molecule has 0 saturated heterocycles. The summed E-state index contributed by atoms with van der Waals surface area (Å²) in [7, 11) is 0. The van der Waals surface area contributed by atoms with Crippen molar-refractivity contribution >= 4 is 29.4 Å². The van der Waals surface area contributed by atoms with Crippen LogP contribution < -0.4 is 0 Å². The van der Waals surface area contributed by atoms with E-state index in [9.17, 15) is 14.4 Å². The number of esters is 1. The molecule has 25 heavy (non-hydrogen) atoms. The van der Waals surface area contributed by atoms with E-state index >= 15 is 0 Å². The summed E-state index contributed by atoms with van der Waals surface area (Å²) in [6, 6.07) is 9.90. The largest absolute Gasteiger partial charge is 0.462 e. The molecule has 0 fully saturated rings. The second kappa shape index (κ2) is 7.44. The molecule has 1 aromatic heterocycles. The molecule has 7 heteroatoms. The molecule has 1 aliphatic heterocycles. The lowest BCUT2D eigenvalue weighted by Crippen LogP contribution is -2.30. The quantitative estimate of drug-likeness (QED) is 0.343. The maximum atomic E-state index is 12.2.